The molecule has 0 aliphatic rings. The molecule has 0 fully saturated rings. The SMILES string of the molecule is O=C(N[C@@H](CO)C(=O)O)c1sccc1Cl. The number of amides is 1. The van der Waals surface area contributed by atoms with Crippen LogP contribution >= 0.6 is 22.9 Å². The number of carbonyl (C=O) groups excluding carboxylic acids is 1. The summed E-state index contributed by atoms with van der Waals surface area (Å²) in [4.78, 5) is 22.2. The summed E-state index contributed by atoms with van der Waals surface area (Å²) in [6.07, 6.45) is 0. The van der Waals surface area contributed by atoms with Gasteiger partial charge in [-0.3, -0.25) is 4.79 Å². The number of carboxylic acids is 1. The van der Waals surface area contributed by atoms with Gasteiger partial charge in [-0.15, -0.1) is 11.3 Å². The van der Waals surface area contributed by atoms with Crippen LogP contribution in [0.15, 0.2) is 11.4 Å². The summed E-state index contributed by atoms with van der Waals surface area (Å²) < 4.78 is 0. The summed E-state index contributed by atoms with van der Waals surface area (Å²) in [5.41, 5.74) is 0. The Labute approximate surface area is 94.3 Å². The molecule has 3 N–H and O–H groups in total. The van der Waals surface area contributed by atoms with Gasteiger partial charge in [0.2, 0.25) is 0 Å². The van der Waals surface area contributed by atoms with Crippen molar-refractivity contribution >= 4 is 34.8 Å². The Morgan fingerprint density at radius 1 is 1.60 bits per heavy atom. The van der Waals surface area contributed by atoms with E-state index in [2.05, 4.69) is 5.32 Å². The van der Waals surface area contributed by atoms with Crippen molar-refractivity contribution in [1.29, 1.82) is 0 Å². The molecular formula is C8H8ClNO4S. The topological polar surface area (TPSA) is 86.6 Å². The highest BCUT2D eigenvalue weighted by Gasteiger charge is 2.21. The third-order valence-corrected chi connectivity index (χ3v) is 2.95. The molecule has 0 aliphatic heterocycles. The molecule has 7 heteroatoms. The van der Waals surface area contributed by atoms with Crippen molar-refractivity contribution in [3.63, 3.8) is 0 Å². The number of aliphatic carboxylic acids is 1. The van der Waals surface area contributed by atoms with Gasteiger partial charge in [-0.2, -0.15) is 0 Å². The van der Waals surface area contributed by atoms with Gasteiger partial charge in [0.05, 0.1) is 11.6 Å². The van der Waals surface area contributed by atoms with Crippen LogP contribution in [0.2, 0.25) is 5.02 Å². The van der Waals surface area contributed by atoms with E-state index in [9.17, 15) is 9.59 Å². The predicted molar refractivity (Wildman–Crippen MR) is 55.3 cm³/mol. The van der Waals surface area contributed by atoms with Crippen molar-refractivity contribution in [3.8, 4) is 0 Å². The molecule has 82 valence electrons. The first-order valence-electron chi connectivity index (χ1n) is 3.93. The van der Waals surface area contributed by atoms with Crippen molar-refractivity contribution in [3.05, 3.63) is 21.3 Å². The maximum Gasteiger partial charge on any atom is 0.328 e. The molecule has 0 radical (unpaired) electrons. The predicted octanol–water partition coefficient (Wildman–Crippen LogP) is 0.577. The smallest absolute Gasteiger partial charge is 0.328 e. The zero-order chi connectivity index (χ0) is 11.4. The Bertz CT molecular complexity index is 378. The zero-order valence-electron chi connectivity index (χ0n) is 7.44. The molecule has 1 amide bonds. The molecule has 1 atom stereocenters. The number of carbonyl (C=O) groups is 2. The van der Waals surface area contributed by atoms with Crippen molar-refractivity contribution in [2.75, 3.05) is 6.61 Å². The Kier molecular flexibility index (Phi) is 4.07. The van der Waals surface area contributed by atoms with Crippen molar-refractivity contribution < 1.29 is 19.8 Å². The second-order valence-electron chi connectivity index (χ2n) is 2.64. The standard InChI is InChI=1S/C8H8ClNO4S/c9-4-1-2-15-6(4)7(12)10-5(3-11)8(13)14/h1-2,5,11H,3H2,(H,10,12)(H,13,14)/t5-/m0/s1. The molecule has 15 heavy (non-hydrogen) atoms. The number of halogens is 1. The molecule has 1 rings (SSSR count). The molecule has 0 spiro atoms. The summed E-state index contributed by atoms with van der Waals surface area (Å²) in [7, 11) is 0. The fourth-order valence-electron chi connectivity index (χ4n) is 0.865. The van der Waals surface area contributed by atoms with E-state index in [0.29, 0.717) is 0 Å². The van der Waals surface area contributed by atoms with Crippen LogP contribution in [-0.2, 0) is 4.79 Å². The van der Waals surface area contributed by atoms with E-state index in [1.165, 1.54) is 6.07 Å². The van der Waals surface area contributed by atoms with Crippen LogP contribution in [-0.4, -0.2) is 34.7 Å². The van der Waals surface area contributed by atoms with E-state index in [1.807, 2.05) is 0 Å². The van der Waals surface area contributed by atoms with Crippen LogP contribution in [0, 0.1) is 0 Å². The highest BCUT2D eigenvalue weighted by Crippen LogP contribution is 2.21. The molecule has 1 aromatic heterocycles. The number of carboxylic acid groups (broad SMARTS) is 1. The molecule has 0 saturated heterocycles. The van der Waals surface area contributed by atoms with Gasteiger partial charge >= 0.3 is 5.97 Å². The fourth-order valence-corrected chi connectivity index (χ4v) is 1.91. The molecule has 0 bridgehead atoms. The minimum absolute atomic E-state index is 0.233. The maximum absolute atomic E-state index is 11.4. The lowest BCUT2D eigenvalue weighted by Gasteiger charge is -2.10. The first-order chi connectivity index (χ1) is 7.06. The van der Waals surface area contributed by atoms with E-state index in [-0.39, 0.29) is 9.90 Å². The van der Waals surface area contributed by atoms with E-state index >= 15 is 0 Å². The summed E-state index contributed by atoms with van der Waals surface area (Å²) in [5.74, 6) is -1.89. The number of aliphatic hydroxyl groups excluding tert-OH is 1. The summed E-state index contributed by atoms with van der Waals surface area (Å²) >= 11 is 6.78. The van der Waals surface area contributed by atoms with Gasteiger partial charge in [0.25, 0.3) is 5.91 Å². The van der Waals surface area contributed by atoms with E-state index in [0.717, 1.165) is 11.3 Å². The first-order valence-corrected chi connectivity index (χ1v) is 5.19. The normalized spacial score (nSPS) is 12.1. The Hall–Kier alpha value is -1.11. The Balaban J connectivity index is 2.71. The lowest BCUT2D eigenvalue weighted by atomic mass is 10.3. The van der Waals surface area contributed by atoms with Crippen LogP contribution in [0.4, 0.5) is 0 Å². The number of hydrogen-bond acceptors (Lipinski definition) is 4. The number of nitrogens with one attached hydrogen (secondary N) is 1. The van der Waals surface area contributed by atoms with Crippen LogP contribution < -0.4 is 5.32 Å². The monoisotopic (exact) mass is 249 g/mol. The van der Waals surface area contributed by atoms with Crippen LogP contribution in [0.1, 0.15) is 9.67 Å². The maximum atomic E-state index is 11.4. The highest BCUT2D eigenvalue weighted by atomic mass is 35.5. The van der Waals surface area contributed by atoms with Crippen molar-refractivity contribution in [1.82, 2.24) is 5.32 Å². The molecule has 0 saturated carbocycles. The third kappa shape index (κ3) is 2.92. The van der Waals surface area contributed by atoms with E-state index in [1.54, 1.807) is 5.38 Å². The number of aliphatic hydroxyl groups is 1. The largest absolute Gasteiger partial charge is 0.480 e. The van der Waals surface area contributed by atoms with Gasteiger partial charge in [0.15, 0.2) is 6.04 Å². The van der Waals surface area contributed by atoms with Crippen LogP contribution in [0.3, 0.4) is 0 Å². The van der Waals surface area contributed by atoms with Gasteiger partial charge in [-0.05, 0) is 11.4 Å². The lowest BCUT2D eigenvalue weighted by molar-refractivity contribution is -0.140. The van der Waals surface area contributed by atoms with Crippen molar-refractivity contribution in [2.45, 2.75) is 6.04 Å². The lowest BCUT2D eigenvalue weighted by Crippen LogP contribution is -2.43. The Morgan fingerprint density at radius 2 is 2.27 bits per heavy atom. The molecule has 0 unspecified atom stereocenters. The highest BCUT2D eigenvalue weighted by molar-refractivity contribution is 7.12. The van der Waals surface area contributed by atoms with Crippen LogP contribution in [0.25, 0.3) is 0 Å². The average Bonchev–Trinajstić information content (AvgIpc) is 2.60. The van der Waals surface area contributed by atoms with Gasteiger partial charge in [0.1, 0.15) is 4.88 Å². The second kappa shape index (κ2) is 5.11. The molecule has 0 aliphatic carbocycles. The van der Waals surface area contributed by atoms with E-state index < -0.39 is 24.5 Å². The summed E-state index contributed by atoms with van der Waals surface area (Å²) in [5, 5.41) is 21.3. The molecule has 5 nitrogen and oxygen atoms in total. The summed E-state index contributed by atoms with van der Waals surface area (Å²) in [6.45, 7) is -0.663. The molecule has 0 aromatic carbocycles. The van der Waals surface area contributed by atoms with Crippen LogP contribution in [0.5, 0.6) is 0 Å². The Morgan fingerprint density at radius 3 is 2.67 bits per heavy atom. The fraction of sp³-hybridized carbons (Fsp3) is 0.250. The molecular weight excluding hydrogens is 242 g/mol. The summed E-state index contributed by atoms with van der Waals surface area (Å²) in [6, 6.07) is 0.228. The quantitative estimate of drug-likeness (QED) is 0.728. The number of rotatable bonds is 4. The minimum Gasteiger partial charge on any atom is -0.480 e. The third-order valence-electron chi connectivity index (χ3n) is 1.61. The van der Waals surface area contributed by atoms with Gasteiger partial charge in [0, 0.05) is 0 Å². The number of hydrogen-bond donors (Lipinski definition) is 3. The second-order valence-corrected chi connectivity index (χ2v) is 3.97. The number of thiophene rings is 1. The van der Waals surface area contributed by atoms with Crippen molar-refractivity contribution in [2.24, 2.45) is 0 Å². The minimum atomic E-state index is -1.31. The van der Waals surface area contributed by atoms with Gasteiger partial charge < -0.3 is 15.5 Å². The average molecular weight is 250 g/mol. The molecule has 1 heterocycles. The first kappa shape index (κ1) is 12.0. The zero-order valence-corrected chi connectivity index (χ0v) is 9.01. The van der Waals surface area contributed by atoms with E-state index in [4.69, 9.17) is 21.8 Å². The molecule has 1 aromatic rings. The van der Waals surface area contributed by atoms with Gasteiger partial charge in [-0.1, -0.05) is 11.6 Å². The van der Waals surface area contributed by atoms with Gasteiger partial charge in [-0.25, -0.2) is 4.79 Å².